The summed E-state index contributed by atoms with van der Waals surface area (Å²) < 4.78 is 5.65. The van der Waals surface area contributed by atoms with Gasteiger partial charge < -0.3 is 10.5 Å². The summed E-state index contributed by atoms with van der Waals surface area (Å²) in [5.41, 5.74) is 5.94. The van der Waals surface area contributed by atoms with Crippen LogP contribution in [0.15, 0.2) is 0 Å². The molecule has 0 amide bonds. The lowest BCUT2D eigenvalue weighted by Crippen LogP contribution is -2.23. The van der Waals surface area contributed by atoms with Gasteiger partial charge in [0.1, 0.15) is 0 Å². The Kier molecular flexibility index (Phi) is 8.07. The smallest absolute Gasteiger partial charge is 0.0491 e. The topological polar surface area (TPSA) is 35.2 Å². The second kappa shape index (κ2) is 8.12. The van der Waals surface area contributed by atoms with E-state index in [9.17, 15) is 0 Å². The molecule has 0 aliphatic heterocycles. The first-order valence-corrected chi connectivity index (χ1v) is 6.29. The standard InChI is InChI=1S/C13H29NO/c1-5-7-12(2)10-15-9-6-8-13(3,4)11-14/h12H,5-11,14H2,1-4H3. The maximum atomic E-state index is 5.67. The zero-order chi connectivity index (χ0) is 11.7. The number of rotatable bonds is 9. The molecule has 1 atom stereocenters. The van der Waals surface area contributed by atoms with Crippen molar-refractivity contribution in [2.45, 2.75) is 53.4 Å². The predicted molar refractivity (Wildman–Crippen MR) is 67.0 cm³/mol. The van der Waals surface area contributed by atoms with Crippen LogP contribution in [0.4, 0.5) is 0 Å². The van der Waals surface area contributed by atoms with Gasteiger partial charge in [0.25, 0.3) is 0 Å². The summed E-state index contributed by atoms with van der Waals surface area (Å²) in [5.74, 6) is 0.706. The summed E-state index contributed by atoms with van der Waals surface area (Å²) in [7, 11) is 0. The second-order valence-electron chi connectivity index (χ2n) is 5.44. The van der Waals surface area contributed by atoms with Gasteiger partial charge in [-0.05, 0) is 37.1 Å². The Labute approximate surface area is 95.6 Å². The van der Waals surface area contributed by atoms with Crippen LogP contribution in [0, 0.1) is 11.3 Å². The molecule has 0 radical (unpaired) electrons. The lowest BCUT2D eigenvalue weighted by molar-refractivity contribution is 0.0924. The van der Waals surface area contributed by atoms with Gasteiger partial charge in [-0.1, -0.05) is 34.1 Å². The summed E-state index contributed by atoms with van der Waals surface area (Å²) in [4.78, 5) is 0. The van der Waals surface area contributed by atoms with Gasteiger partial charge in [-0.25, -0.2) is 0 Å². The lowest BCUT2D eigenvalue weighted by atomic mass is 9.88. The molecule has 0 aliphatic rings. The van der Waals surface area contributed by atoms with Crippen LogP contribution in [0.2, 0.25) is 0 Å². The van der Waals surface area contributed by atoms with Gasteiger partial charge >= 0.3 is 0 Å². The Balaban J connectivity index is 3.32. The van der Waals surface area contributed by atoms with E-state index in [4.69, 9.17) is 10.5 Å². The monoisotopic (exact) mass is 215 g/mol. The van der Waals surface area contributed by atoms with E-state index in [-0.39, 0.29) is 5.41 Å². The van der Waals surface area contributed by atoms with Crippen molar-refractivity contribution in [3.8, 4) is 0 Å². The molecule has 2 nitrogen and oxygen atoms in total. The highest BCUT2D eigenvalue weighted by atomic mass is 16.5. The highest BCUT2D eigenvalue weighted by Gasteiger charge is 2.14. The van der Waals surface area contributed by atoms with E-state index >= 15 is 0 Å². The highest BCUT2D eigenvalue weighted by molar-refractivity contribution is 4.68. The minimum absolute atomic E-state index is 0.276. The van der Waals surface area contributed by atoms with E-state index in [1.807, 2.05) is 0 Å². The second-order valence-corrected chi connectivity index (χ2v) is 5.44. The van der Waals surface area contributed by atoms with Crippen molar-refractivity contribution in [3.63, 3.8) is 0 Å². The molecule has 1 unspecified atom stereocenters. The molecule has 0 aliphatic carbocycles. The molecule has 0 saturated heterocycles. The third kappa shape index (κ3) is 8.88. The third-order valence-electron chi connectivity index (χ3n) is 2.88. The molecule has 2 N–H and O–H groups in total. The maximum absolute atomic E-state index is 5.67. The fraction of sp³-hybridized carbons (Fsp3) is 1.00. The van der Waals surface area contributed by atoms with Crippen LogP contribution in [0.3, 0.4) is 0 Å². The zero-order valence-corrected chi connectivity index (χ0v) is 11.0. The molecule has 2 heteroatoms. The minimum atomic E-state index is 0.276. The van der Waals surface area contributed by atoms with Crippen LogP contribution in [0.25, 0.3) is 0 Å². The molecule has 0 heterocycles. The van der Waals surface area contributed by atoms with Gasteiger partial charge in [-0.2, -0.15) is 0 Å². The Bertz CT molecular complexity index is 145. The Hall–Kier alpha value is -0.0800. The van der Waals surface area contributed by atoms with E-state index in [2.05, 4.69) is 27.7 Å². The largest absolute Gasteiger partial charge is 0.381 e. The van der Waals surface area contributed by atoms with Gasteiger partial charge in [0.15, 0.2) is 0 Å². The molecule has 0 bridgehead atoms. The van der Waals surface area contributed by atoms with Crippen molar-refractivity contribution in [2.75, 3.05) is 19.8 Å². The Morgan fingerprint density at radius 1 is 1.33 bits per heavy atom. The van der Waals surface area contributed by atoms with Gasteiger partial charge in [0.05, 0.1) is 0 Å². The van der Waals surface area contributed by atoms with Crippen LogP contribution in [0.1, 0.15) is 53.4 Å². The third-order valence-corrected chi connectivity index (χ3v) is 2.88. The number of hydrogen-bond donors (Lipinski definition) is 1. The van der Waals surface area contributed by atoms with Gasteiger partial charge in [-0.15, -0.1) is 0 Å². The van der Waals surface area contributed by atoms with E-state index in [1.54, 1.807) is 0 Å². The van der Waals surface area contributed by atoms with Crippen molar-refractivity contribution in [3.05, 3.63) is 0 Å². The average molecular weight is 215 g/mol. The molecule has 0 saturated carbocycles. The Morgan fingerprint density at radius 2 is 2.00 bits per heavy atom. The maximum Gasteiger partial charge on any atom is 0.0491 e. The minimum Gasteiger partial charge on any atom is -0.381 e. The molecule has 0 rings (SSSR count). The molecule has 0 aromatic rings. The van der Waals surface area contributed by atoms with Gasteiger partial charge in [-0.3, -0.25) is 0 Å². The number of hydrogen-bond acceptors (Lipinski definition) is 2. The SMILES string of the molecule is CCCC(C)COCCCC(C)(C)CN. The summed E-state index contributed by atoms with van der Waals surface area (Å²) in [5, 5.41) is 0. The lowest BCUT2D eigenvalue weighted by Gasteiger charge is -2.22. The van der Waals surface area contributed by atoms with Crippen molar-refractivity contribution in [1.29, 1.82) is 0 Å². The molecule has 92 valence electrons. The molecule has 0 aromatic carbocycles. The van der Waals surface area contributed by atoms with Gasteiger partial charge in [0.2, 0.25) is 0 Å². The van der Waals surface area contributed by atoms with Gasteiger partial charge in [0, 0.05) is 13.2 Å². The van der Waals surface area contributed by atoms with Crippen molar-refractivity contribution in [2.24, 2.45) is 17.1 Å². The summed E-state index contributed by atoms with van der Waals surface area (Å²) in [6.45, 7) is 11.5. The van der Waals surface area contributed by atoms with Crippen molar-refractivity contribution in [1.82, 2.24) is 0 Å². The van der Waals surface area contributed by atoms with Crippen LogP contribution in [-0.4, -0.2) is 19.8 Å². The van der Waals surface area contributed by atoms with Crippen LogP contribution >= 0.6 is 0 Å². The average Bonchev–Trinajstić information content (AvgIpc) is 2.17. The first-order chi connectivity index (χ1) is 7.02. The first kappa shape index (κ1) is 14.9. The molecule has 0 spiro atoms. The van der Waals surface area contributed by atoms with Crippen LogP contribution < -0.4 is 5.73 Å². The number of ether oxygens (including phenoxy) is 1. The summed E-state index contributed by atoms with van der Waals surface area (Å²) >= 11 is 0. The molecule has 0 fully saturated rings. The fourth-order valence-electron chi connectivity index (χ4n) is 1.62. The highest BCUT2D eigenvalue weighted by Crippen LogP contribution is 2.20. The van der Waals surface area contributed by atoms with Crippen molar-refractivity contribution >= 4 is 0 Å². The molecular weight excluding hydrogens is 186 g/mol. The summed E-state index contributed by atoms with van der Waals surface area (Å²) in [6.07, 6.45) is 4.81. The first-order valence-electron chi connectivity index (χ1n) is 6.29. The number of nitrogens with two attached hydrogens (primary N) is 1. The van der Waals surface area contributed by atoms with E-state index < -0.39 is 0 Å². The molecular formula is C13H29NO. The van der Waals surface area contributed by atoms with E-state index in [1.165, 1.54) is 12.8 Å². The van der Waals surface area contributed by atoms with Crippen LogP contribution in [-0.2, 0) is 4.74 Å². The summed E-state index contributed by atoms with van der Waals surface area (Å²) in [6, 6.07) is 0. The Morgan fingerprint density at radius 3 is 2.53 bits per heavy atom. The van der Waals surface area contributed by atoms with Crippen molar-refractivity contribution < 1.29 is 4.74 Å². The quantitative estimate of drug-likeness (QED) is 0.599. The fourth-order valence-corrected chi connectivity index (χ4v) is 1.62. The normalized spacial score (nSPS) is 14.2. The van der Waals surface area contributed by atoms with E-state index in [0.29, 0.717) is 5.92 Å². The van der Waals surface area contributed by atoms with E-state index in [0.717, 1.165) is 32.6 Å². The zero-order valence-electron chi connectivity index (χ0n) is 11.0. The predicted octanol–water partition coefficient (Wildman–Crippen LogP) is 3.20. The van der Waals surface area contributed by atoms with Crippen LogP contribution in [0.5, 0.6) is 0 Å². The molecule has 15 heavy (non-hydrogen) atoms. The molecule has 0 aromatic heterocycles.